The van der Waals surface area contributed by atoms with Gasteiger partial charge in [0.25, 0.3) is 0 Å². The first kappa shape index (κ1) is 14.2. The van der Waals surface area contributed by atoms with E-state index in [1.54, 1.807) is 11.3 Å². The molecule has 96 valence electrons. The minimum atomic E-state index is 0.218. The fraction of sp³-hybridized carbons (Fsp3) is 0.615. The quantitative estimate of drug-likeness (QED) is 0.808. The Morgan fingerprint density at radius 3 is 2.94 bits per heavy atom. The maximum Gasteiger partial charge on any atom is 0.223 e. The molecule has 3 nitrogen and oxygen atoms in total. The molecule has 1 N–H and O–H groups in total. The lowest BCUT2D eigenvalue weighted by Gasteiger charge is -2.19. The normalized spacial score (nSPS) is 12.4. The zero-order chi connectivity index (χ0) is 12.7. The summed E-state index contributed by atoms with van der Waals surface area (Å²) in [6.07, 6.45) is 1.53. The number of thiophene rings is 1. The molecule has 0 aliphatic carbocycles. The molecule has 0 bridgehead atoms. The van der Waals surface area contributed by atoms with Gasteiger partial charge in [0.05, 0.1) is 0 Å². The van der Waals surface area contributed by atoms with Crippen molar-refractivity contribution in [3.05, 3.63) is 22.4 Å². The van der Waals surface area contributed by atoms with Gasteiger partial charge in [-0.2, -0.15) is 0 Å². The van der Waals surface area contributed by atoms with Crippen LogP contribution in [0.1, 0.15) is 25.1 Å². The lowest BCUT2D eigenvalue weighted by Crippen LogP contribution is -2.35. The van der Waals surface area contributed by atoms with E-state index in [2.05, 4.69) is 36.7 Å². The molecule has 1 unspecified atom stereocenters. The van der Waals surface area contributed by atoms with Crippen molar-refractivity contribution >= 4 is 17.2 Å². The molecule has 0 saturated heterocycles. The zero-order valence-corrected chi connectivity index (χ0v) is 11.7. The number of amides is 1. The van der Waals surface area contributed by atoms with Gasteiger partial charge in [0.1, 0.15) is 0 Å². The average Bonchev–Trinajstić information content (AvgIpc) is 2.78. The number of nitrogens with one attached hydrogen (secondary N) is 1. The highest BCUT2D eigenvalue weighted by atomic mass is 32.1. The lowest BCUT2D eigenvalue weighted by molar-refractivity contribution is -0.130. The molecule has 1 atom stereocenters. The number of hydrogen-bond donors (Lipinski definition) is 1. The van der Waals surface area contributed by atoms with Crippen LogP contribution in [0.25, 0.3) is 0 Å². The number of carbonyl (C=O) groups excluding carboxylic acids is 1. The smallest absolute Gasteiger partial charge is 0.223 e. The van der Waals surface area contributed by atoms with E-state index in [0.29, 0.717) is 6.42 Å². The van der Waals surface area contributed by atoms with E-state index in [-0.39, 0.29) is 11.9 Å². The third-order valence-corrected chi connectivity index (χ3v) is 3.67. The molecule has 1 aromatic heterocycles. The fourth-order valence-electron chi connectivity index (χ4n) is 1.70. The van der Waals surface area contributed by atoms with Crippen LogP contribution in [0.4, 0.5) is 0 Å². The van der Waals surface area contributed by atoms with E-state index in [1.807, 2.05) is 11.9 Å². The Morgan fingerprint density at radius 1 is 1.59 bits per heavy atom. The molecule has 0 radical (unpaired) electrons. The van der Waals surface area contributed by atoms with Crippen molar-refractivity contribution in [3.8, 4) is 0 Å². The molecule has 0 spiro atoms. The minimum Gasteiger partial charge on any atom is -0.345 e. The third kappa shape index (κ3) is 5.33. The van der Waals surface area contributed by atoms with Gasteiger partial charge in [0, 0.05) is 30.9 Å². The van der Waals surface area contributed by atoms with Gasteiger partial charge >= 0.3 is 0 Å². The van der Waals surface area contributed by atoms with Crippen LogP contribution in [0.2, 0.25) is 0 Å². The number of rotatable bonds is 7. The number of carbonyl (C=O) groups is 1. The van der Waals surface area contributed by atoms with Crippen LogP contribution in [0, 0.1) is 0 Å². The van der Waals surface area contributed by atoms with Crippen molar-refractivity contribution in [1.29, 1.82) is 0 Å². The summed E-state index contributed by atoms with van der Waals surface area (Å²) in [5.41, 5.74) is 0. The van der Waals surface area contributed by atoms with Crippen LogP contribution < -0.4 is 5.32 Å². The molecule has 1 rings (SSSR count). The van der Waals surface area contributed by atoms with E-state index in [1.165, 1.54) is 4.88 Å². The highest BCUT2D eigenvalue weighted by Gasteiger charge is 2.12. The van der Waals surface area contributed by atoms with Gasteiger partial charge in [-0.25, -0.2) is 0 Å². The van der Waals surface area contributed by atoms with Crippen LogP contribution in [0.3, 0.4) is 0 Å². The van der Waals surface area contributed by atoms with E-state index in [4.69, 9.17) is 0 Å². The molecule has 0 saturated carbocycles. The SMILES string of the molecule is CCNC(C)CC(=O)N(C)CCc1cccs1. The van der Waals surface area contributed by atoms with Gasteiger partial charge in [-0.1, -0.05) is 13.0 Å². The summed E-state index contributed by atoms with van der Waals surface area (Å²) < 4.78 is 0. The van der Waals surface area contributed by atoms with E-state index in [0.717, 1.165) is 19.5 Å². The first-order valence-corrected chi connectivity index (χ1v) is 7.01. The molecule has 0 aromatic carbocycles. The van der Waals surface area contributed by atoms with Crippen LogP contribution in [0.5, 0.6) is 0 Å². The van der Waals surface area contributed by atoms with Gasteiger partial charge in [0.2, 0.25) is 5.91 Å². The first-order chi connectivity index (χ1) is 8.13. The van der Waals surface area contributed by atoms with Gasteiger partial charge in [-0.05, 0) is 31.3 Å². The summed E-state index contributed by atoms with van der Waals surface area (Å²) in [6, 6.07) is 4.43. The van der Waals surface area contributed by atoms with Crippen LogP contribution >= 0.6 is 11.3 Å². The Bertz CT molecular complexity index is 324. The third-order valence-electron chi connectivity index (χ3n) is 2.73. The second-order valence-electron chi connectivity index (χ2n) is 4.31. The standard InChI is InChI=1S/C13H22N2OS/c1-4-14-11(2)10-13(16)15(3)8-7-12-6-5-9-17-12/h5-6,9,11,14H,4,7-8,10H2,1-3H3. The summed E-state index contributed by atoms with van der Waals surface area (Å²) in [4.78, 5) is 15.0. The van der Waals surface area contributed by atoms with Crippen molar-refractivity contribution < 1.29 is 4.79 Å². The summed E-state index contributed by atoms with van der Waals surface area (Å²) in [5, 5.41) is 5.33. The Morgan fingerprint density at radius 2 is 2.35 bits per heavy atom. The van der Waals surface area contributed by atoms with E-state index >= 15 is 0 Å². The van der Waals surface area contributed by atoms with Crippen molar-refractivity contribution in [2.75, 3.05) is 20.1 Å². The van der Waals surface area contributed by atoms with Gasteiger partial charge in [0.15, 0.2) is 0 Å². The Labute approximate surface area is 108 Å². The fourth-order valence-corrected chi connectivity index (χ4v) is 2.39. The Kier molecular flexibility index (Phi) is 6.22. The molecule has 1 heterocycles. The predicted molar refractivity (Wildman–Crippen MR) is 73.4 cm³/mol. The number of likely N-dealkylation sites (N-methyl/N-ethyl adjacent to an activating group) is 1. The minimum absolute atomic E-state index is 0.218. The summed E-state index contributed by atoms with van der Waals surface area (Å²) in [7, 11) is 1.88. The van der Waals surface area contributed by atoms with Gasteiger partial charge < -0.3 is 10.2 Å². The van der Waals surface area contributed by atoms with Crippen molar-refractivity contribution in [3.63, 3.8) is 0 Å². The molecule has 0 aliphatic rings. The maximum absolute atomic E-state index is 11.9. The zero-order valence-electron chi connectivity index (χ0n) is 10.9. The van der Waals surface area contributed by atoms with E-state index in [9.17, 15) is 4.79 Å². The number of hydrogen-bond acceptors (Lipinski definition) is 3. The van der Waals surface area contributed by atoms with Crippen LogP contribution in [-0.4, -0.2) is 37.0 Å². The maximum atomic E-state index is 11.9. The molecular weight excluding hydrogens is 232 g/mol. The van der Waals surface area contributed by atoms with Crippen molar-refractivity contribution in [1.82, 2.24) is 10.2 Å². The molecule has 4 heteroatoms. The van der Waals surface area contributed by atoms with Gasteiger partial charge in [-0.3, -0.25) is 4.79 Å². The Balaban J connectivity index is 2.26. The largest absolute Gasteiger partial charge is 0.345 e. The molecular formula is C13H22N2OS. The Hall–Kier alpha value is -0.870. The second-order valence-corrected chi connectivity index (χ2v) is 5.34. The molecule has 17 heavy (non-hydrogen) atoms. The molecule has 0 aliphatic heterocycles. The van der Waals surface area contributed by atoms with Crippen LogP contribution in [-0.2, 0) is 11.2 Å². The first-order valence-electron chi connectivity index (χ1n) is 6.13. The highest BCUT2D eigenvalue weighted by molar-refractivity contribution is 7.09. The topological polar surface area (TPSA) is 32.3 Å². The van der Waals surface area contributed by atoms with Crippen LogP contribution in [0.15, 0.2) is 17.5 Å². The van der Waals surface area contributed by atoms with Crippen molar-refractivity contribution in [2.24, 2.45) is 0 Å². The molecule has 1 aromatic rings. The lowest BCUT2D eigenvalue weighted by atomic mass is 10.2. The van der Waals surface area contributed by atoms with E-state index < -0.39 is 0 Å². The van der Waals surface area contributed by atoms with Gasteiger partial charge in [-0.15, -0.1) is 11.3 Å². The highest BCUT2D eigenvalue weighted by Crippen LogP contribution is 2.09. The monoisotopic (exact) mass is 254 g/mol. The summed E-state index contributed by atoms with van der Waals surface area (Å²) >= 11 is 1.75. The summed E-state index contributed by atoms with van der Waals surface area (Å²) in [6.45, 7) is 5.82. The number of nitrogens with zero attached hydrogens (tertiary/aromatic N) is 1. The van der Waals surface area contributed by atoms with Crippen molar-refractivity contribution in [2.45, 2.75) is 32.7 Å². The average molecular weight is 254 g/mol. The summed E-state index contributed by atoms with van der Waals surface area (Å²) in [5.74, 6) is 0.218. The predicted octanol–water partition coefficient (Wildman–Crippen LogP) is 2.14. The second kappa shape index (κ2) is 7.45. The molecule has 1 amide bonds. The molecule has 0 fully saturated rings.